The summed E-state index contributed by atoms with van der Waals surface area (Å²) in [7, 11) is 0. The highest BCUT2D eigenvalue weighted by atomic mass is 14.1. The maximum Gasteiger partial charge on any atom is -0.0177 e. The van der Waals surface area contributed by atoms with Crippen LogP contribution in [0.15, 0.2) is 121 Å². The Morgan fingerprint density at radius 2 is 0.850 bits per heavy atom. The third kappa shape index (κ3) is 5.77. The molecule has 0 N–H and O–H groups in total. The van der Waals surface area contributed by atoms with E-state index < -0.39 is 0 Å². The van der Waals surface area contributed by atoms with Crippen LogP contribution in [-0.2, 0) is 12.8 Å². The smallest absolute Gasteiger partial charge is 0.0177 e. The van der Waals surface area contributed by atoms with Crippen LogP contribution in [-0.4, -0.2) is 0 Å². The van der Waals surface area contributed by atoms with Crippen molar-refractivity contribution in [1.82, 2.24) is 0 Å². The van der Waals surface area contributed by atoms with Crippen LogP contribution < -0.4 is 0 Å². The maximum absolute atomic E-state index is 2.31. The summed E-state index contributed by atoms with van der Waals surface area (Å²) in [5, 5.41) is 5.07. The van der Waals surface area contributed by atoms with Crippen molar-refractivity contribution in [3.05, 3.63) is 144 Å². The predicted octanol–water partition coefficient (Wildman–Crippen LogP) is 11.4. The van der Waals surface area contributed by atoms with Crippen LogP contribution in [0.3, 0.4) is 0 Å². The van der Waals surface area contributed by atoms with E-state index in [0.29, 0.717) is 0 Å². The molecule has 0 aliphatic carbocycles. The highest BCUT2D eigenvalue weighted by Gasteiger charge is 2.03. The van der Waals surface area contributed by atoms with Crippen molar-refractivity contribution in [3.8, 4) is 22.3 Å². The summed E-state index contributed by atoms with van der Waals surface area (Å²) in [5.41, 5.74) is 10.3. The quantitative estimate of drug-likeness (QED) is 0.176. The van der Waals surface area contributed by atoms with E-state index in [9.17, 15) is 0 Å². The second kappa shape index (κ2) is 11.8. The van der Waals surface area contributed by atoms with Gasteiger partial charge in [0.2, 0.25) is 0 Å². The van der Waals surface area contributed by atoms with Gasteiger partial charge in [-0.25, -0.2) is 0 Å². The van der Waals surface area contributed by atoms with Gasteiger partial charge in [0.1, 0.15) is 0 Å². The van der Waals surface area contributed by atoms with E-state index >= 15 is 0 Å². The average Bonchev–Trinajstić information content (AvgIpc) is 3.02. The molecule has 0 saturated heterocycles. The SMILES string of the molecule is CCCCc1ccc(-c2ccc3cc(/C=C/c4ccc5cc(-c6ccc(CC)cc6)ccc5c4)ccc3c2)cc1. The molecule has 0 atom stereocenters. The second-order valence-corrected chi connectivity index (χ2v) is 10.8. The van der Waals surface area contributed by atoms with Crippen molar-refractivity contribution >= 4 is 33.7 Å². The largest absolute Gasteiger partial charge is 0.0654 e. The summed E-state index contributed by atoms with van der Waals surface area (Å²) in [6.07, 6.45) is 9.16. The van der Waals surface area contributed by atoms with Crippen molar-refractivity contribution in [2.75, 3.05) is 0 Å². The molecule has 0 amide bonds. The fourth-order valence-electron chi connectivity index (χ4n) is 5.47. The Kier molecular flexibility index (Phi) is 7.60. The molecule has 0 fully saturated rings. The molecule has 196 valence electrons. The van der Waals surface area contributed by atoms with Gasteiger partial charge in [-0.15, -0.1) is 0 Å². The third-order valence-electron chi connectivity index (χ3n) is 8.00. The summed E-state index contributed by atoms with van der Waals surface area (Å²) < 4.78 is 0. The first-order valence-electron chi connectivity index (χ1n) is 14.6. The Bertz CT molecular complexity index is 1780. The molecule has 0 spiro atoms. The highest BCUT2D eigenvalue weighted by molar-refractivity contribution is 5.92. The van der Waals surface area contributed by atoms with Gasteiger partial charge in [-0.2, -0.15) is 0 Å². The van der Waals surface area contributed by atoms with E-state index in [-0.39, 0.29) is 0 Å². The van der Waals surface area contributed by atoms with E-state index in [1.807, 2.05) is 0 Å². The molecule has 0 bridgehead atoms. The molecule has 0 unspecified atom stereocenters. The van der Waals surface area contributed by atoms with E-state index in [0.717, 1.165) is 6.42 Å². The number of rotatable bonds is 8. The lowest BCUT2D eigenvalue weighted by atomic mass is 9.97. The van der Waals surface area contributed by atoms with Gasteiger partial charge in [-0.1, -0.05) is 129 Å². The van der Waals surface area contributed by atoms with Gasteiger partial charge in [0, 0.05) is 0 Å². The minimum atomic E-state index is 1.07. The van der Waals surface area contributed by atoms with Gasteiger partial charge in [-0.3, -0.25) is 0 Å². The maximum atomic E-state index is 2.31. The molecular weight excluding hydrogens is 480 g/mol. The van der Waals surface area contributed by atoms with Gasteiger partial charge in [0.05, 0.1) is 0 Å². The van der Waals surface area contributed by atoms with E-state index in [1.54, 1.807) is 0 Å². The number of fused-ring (bicyclic) bond motifs is 2. The Morgan fingerprint density at radius 3 is 1.32 bits per heavy atom. The minimum absolute atomic E-state index is 1.07. The molecule has 0 nitrogen and oxygen atoms in total. The molecule has 0 heterocycles. The first-order chi connectivity index (χ1) is 19.7. The Morgan fingerprint density at radius 1 is 0.425 bits per heavy atom. The molecule has 0 heteroatoms. The number of hydrogen-bond donors (Lipinski definition) is 0. The number of aryl methyl sites for hydroxylation is 2. The van der Waals surface area contributed by atoms with Crippen LogP contribution in [0.4, 0.5) is 0 Å². The molecule has 0 aliphatic heterocycles. The summed E-state index contributed by atoms with van der Waals surface area (Å²) >= 11 is 0. The topological polar surface area (TPSA) is 0 Å². The molecule has 0 radical (unpaired) electrons. The molecular formula is C40H36. The standard InChI is InChI=1S/C40H36/c1-3-5-6-30-11-17-34(18-12-30)38-24-22-36-26-32(14-20-40(36)28-38)8-7-31-13-19-39-27-37(23-21-35(39)25-31)33-15-9-29(4-2)10-16-33/h7-28H,3-6H2,1-2H3/b8-7+. The van der Waals surface area contributed by atoms with Gasteiger partial charge < -0.3 is 0 Å². The zero-order valence-electron chi connectivity index (χ0n) is 23.5. The summed E-state index contributed by atoms with van der Waals surface area (Å²) in [6.45, 7) is 4.44. The molecule has 0 aromatic heterocycles. The second-order valence-electron chi connectivity index (χ2n) is 10.8. The molecule has 6 aromatic rings. The number of unbranched alkanes of at least 4 members (excludes halogenated alkanes) is 1. The zero-order chi connectivity index (χ0) is 27.3. The van der Waals surface area contributed by atoms with Gasteiger partial charge in [0.15, 0.2) is 0 Å². The number of hydrogen-bond acceptors (Lipinski definition) is 0. The molecule has 0 aliphatic rings. The lowest BCUT2D eigenvalue weighted by Crippen LogP contribution is -1.85. The van der Waals surface area contributed by atoms with Crippen molar-refractivity contribution in [2.45, 2.75) is 39.5 Å². The van der Waals surface area contributed by atoms with Gasteiger partial charge in [-0.05, 0) is 110 Å². The fraction of sp³-hybridized carbons (Fsp3) is 0.150. The zero-order valence-corrected chi connectivity index (χ0v) is 23.5. The van der Waals surface area contributed by atoms with Crippen LogP contribution in [0.5, 0.6) is 0 Å². The molecule has 6 aromatic carbocycles. The van der Waals surface area contributed by atoms with Crippen LogP contribution in [0.1, 0.15) is 48.9 Å². The van der Waals surface area contributed by atoms with Crippen LogP contribution >= 0.6 is 0 Å². The van der Waals surface area contributed by atoms with Crippen molar-refractivity contribution in [3.63, 3.8) is 0 Å². The molecule has 40 heavy (non-hydrogen) atoms. The highest BCUT2D eigenvalue weighted by Crippen LogP contribution is 2.28. The Hall–Kier alpha value is -4.42. The van der Waals surface area contributed by atoms with Crippen molar-refractivity contribution < 1.29 is 0 Å². The van der Waals surface area contributed by atoms with E-state index in [1.165, 1.54) is 85.3 Å². The molecule has 6 rings (SSSR count). The lowest BCUT2D eigenvalue weighted by Gasteiger charge is -2.07. The predicted molar refractivity (Wildman–Crippen MR) is 176 cm³/mol. The summed E-state index contributed by atoms with van der Waals surface area (Å²) in [5.74, 6) is 0. The number of benzene rings is 6. The molecule has 0 saturated carbocycles. The average molecular weight is 517 g/mol. The van der Waals surface area contributed by atoms with Crippen molar-refractivity contribution in [2.24, 2.45) is 0 Å². The Labute approximate surface area is 238 Å². The van der Waals surface area contributed by atoms with Crippen LogP contribution in [0.25, 0.3) is 56.0 Å². The summed E-state index contributed by atoms with van der Waals surface area (Å²) in [4.78, 5) is 0. The van der Waals surface area contributed by atoms with Gasteiger partial charge >= 0.3 is 0 Å². The third-order valence-corrected chi connectivity index (χ3v) is 8.00. The Balaban J connectivity index is 1.18. The monoisotopic (exact) mass is 516 g/mol. The minimum Gasteiger partial charge on any atom is -0.0654 e. The first-order valence-corrected chi connectivity index (χ1v) is 14.6. The van der Waals surface area contributed by atoms with E-state index in [4.69, 9.17) is 0 Å². The lowest BCUT2D eigenvalue weighted by molar-refractivity contribution is 0.795. The van der Waals surface area contributed by atoms with Gasteiger partial charge in [0.25, 0.3) is 0 Å². The van der Waals surface area contributed by atoms with E-state index in [2.05, 4.69) is 147 Å². The normalized spacial score (nSPS) is 11.6. The van der Waals surface area contributed by atoms with Crippen molar-refractivity contribution in [1.29, 1.82) is 0 Å². The first kappa shape index (κ1) is 25.8. The fourth-order valence-corrected chi connectivity index (χ4v) is 5.47. The van der Waals surface area contributed by atoms with Crippen LogP contribution in [0, 0.1) is 0 Å². The van der Waals surface area contributed by atoms with Crippen LogP contribution in [0.2, 0.25) is 0 Å². The summed E-state index contributed by atoms with van der Waals surface area (Å²) in [6, 6.07) is 45.0.